The summed E-state index contributed by atoms with van der Waals surface area (Å²) in [4.78, 5) is 11.5. The zero-order chi connectivity index (χ0) is 12.3. The molecule has 1 aliphatic rings. The van der Waals surface area contributed by atoms with Gasteiger partial charge in [-0.15, -0.1) is 0 Å². The first-order valence-corrected chi connectivity index (χ1v) is 5.18. The Labute approximate surface area is 98.1 Å². The van der Waals surface area contributed by atoms with Crippen molar-refractivity contribution in [2.24, 2.45) is 10.9 Å². The van der Waals surface area contributed by atoms with Gasteiger partial charge in [-0.2, -0.15) is 0 Å². The van der Waals surface area contributed by atoms with E-state index in [-0.39, 0.29) is 24.2 Å². The molecule has 2 rings (SSSR count). The second kappa shape index (κ2) is 4.73. The van der Waals surface area contributed by atoms with Crippen molar-refractivity contribution in [2.75, 3.05) is 6.61 Å². The van der Waals surface area contributed by atoms with Crippen molar-refractivity contribution >= 4 is 11.7 Å². The van der Waals surface area contributed by atoms with Gasteiger partial charge in [0.05, 0.1) is 12.5 Å². The van der Waals surface area contributed by atoms with Crippen LogP contribution in [0.2, 0.25) is 0 Å². The van der Waals surface area contributed by atoms with Crippen LogP contribution in [0.25, 0.3) is 0 Å². The number of hydrogen-bond donors (Lipinski definition) is 3. The van der Waals surface area contributed by atoms with E-state index in [2.05, 4.69) is 10.5 Å². The lowest BCUT2D eigenvalue weighted by atomic mass is 10.1. The molecule has 1 amide bonds. The first-order chi connectivity index (χ1) is 8.20. The maximum atomic E-state index is 11.5. The van der Waals surface area contributed by atoms with E-state index in [9.17, 15) is 4.79 Å². The van der Waals surface area contributed by atoms with Crippen LogP contribution in [0, 0.1) is 0 Å². The predicted molar refractivity (Wildman–Crippen MR) is 60.8 cm³/mol. The van der Waals surface area contributed by atoms with E-state index >= 15 is 0 Å². The third-order valence-corrected chi connectivity index (χ3v) is 2.51. The smallest absolute Gasteiger partial charge is 0.228 e. The second-order valence-corrected chi connectivity index (χ2v) is 3.74. The molecule has 0 saturated heterocycles. The summed E-state index contributed by atoms with van der Waals surface area (Å²) < 4.78 is 5.42. The summed E-state index contributed by atoms with van der Waals surface area (Å²) in [5.74, 6) is 0.363. The lowest BCUT2D eigenvalue weighted by molar-refractivity contribution is -0.120. The molecule has 0 bridgehead atoms. The lowest BCUT2D eigenvalue weighted by Gasteiger charge is -2.11. The molecule has 90 valence electrons. The number of rotatable bonds is 3. The van der Waals surface area contributed by atoms with Crippen LogP contribution in [0.3, 0.4) is 0 Å². The van der Waals surface area contributed by atoms with Crippen molar-refractivity contribution in [1.82, 2.24) is 5.32 Å². The van der Waals surface area contributed by atoms with Crippen LogP contribution in [0.15, 0.2) is 29.4 Å². The summed E-state index contributed by atoms with van der Waals surface area (Å²) in [5.41, 5.74) is 6.20. The minimum atomic E-state index is -0.300. The number of hydrogen-bond acceptors (Lipinski definition) is 4. The quantitative estimate of drug-likeness (QED) is 0.305. The molecule has 6 nitrogen and oxygen atoms in total. The molecule has 0 radical (unpaired) electrons. The number of nitrogens with zero attached hydrogens (tertiary/aromatic N) is 1. The number of benzene rings is 1. The lowest BCUT2D eigenvalue weighted by Crippen LogP contribution is -2.32. The Morgan fingerprint density at radius 3 is 3.12 bits per heavy atom. The van der Waals surface area contributed by atoms with Crippen LogP contribution in [0.5, 0.6) is 5.75 Å². The highest BCUT2D eigenvalue weighted by Gasteiger charge is 2.25. The molecule has 1 aromatic rings. The van der Waals surface area contributed by atoms with Gasteiger partial charge in [0.25, 0.3) is 0 Å². The molecule has 6 heteroatoms. The van der Waals surface area contributed by atoms with Crippen LogP contribution in [0.1, 0.15) is 18.0 Å². The van der Waals surface area contributed by atoms with E-state index in [1.165, 1.54) is 0 Å². The van der Waals surface area contributed by atoms with Crippen LogP contribution in [-0.4, -0.2) is 23.6 Å². The van der Waals surface area contributed by atoms with Gasteiger partial charge in [-0.25, -0.2) is 0 Å². The zero-order valence-electron chi connectivity index (χ0n) is 9.09. The molecule has 1 heterocycles. The molecular weight excluding hydrogens is 222 g/mol. The number of amides is 1. The van der Waals surface area contributed by atoms with Gasteiger partial charge in [-0.3, -0.25) is 4.79 Å². The largest absolute Gasteiger partial charge is 0.491 e. The summed E-state index contributed by atoms with van der Waals surface area (Å²) in [6, 6.07) is 7.34. The first kappa shape index (κ1) is 11.3. The summed E-state index contributed by atoms with van der Waals surface area (Å²) in [5, 5.41) is 13.9. The van der Waals surface area contributed by atoms with E-state index in [1.54, 1.807) is 0 Å². The maximum absolute atomic E-state index is 11.5. The maximum Gasteiger partial charge on any atom is 0.228 e. The highest BCUT2D eigenvalue weighted by molar-refractivity contribution is 5.98. The molecule has 0 aromatic heterocycles. The number of nitrogens with one attached hydrogen (secondary N) is 1. The van der Waals surface area contributed by atoms with Gasteiger partial charge in [0.1, 0.15) is 18.2 Å². The number of fused-ring (bicyclic) bond motifs is 1. The van der Waals surface area contributed by atoms with Crippen molar-refractivity contribution in [3.63, 3.8) is 0 Å². The minimum absolute atomic E-state index is 0.116. The fraction of sp³-hybridized carbons (Fsp3) is 0.273. The van der Waals surface area contributed by atoms with Crippen molar-refractivity contribution in [2.45, 2.75) is 12.5 Å². The number of oxime groups is 1. The molecule has 0 fully saturated rings. The van der Waals surface area contributed by atoms with Gasteiger partial charge in [0.2, 0.25) is 5.91 Å². The monoisotopic (exact) mass is 235 g/mol. The van der Waals surface area contributed by atoms with Crippen molar-refractivity contribution < 1.29 is 14.7 Å². The highest BCUT2D eigenvalue weighted by Crippen LogP contribution is 2.31. The third-order valence-electron chi connectivity index (χ3n) is 2.51. The molecule has 1 aromatic carbocycles. The number of ether oxygens (including phenoxy) is 1. The Morgan fingerprint density at radius 2 is 2.35 bits per heavy atom. The van der Waals surface area contributed by atoms with Crippen molar-refractivity contribution in [3.8, 4) is 5.75 Å². The van der Waals surface area contributed by atoms with Crippen LogP contribution >= 0.6 is 0 Å². The fourth-order valence-corrected chi connectivity index (χ4v) is 1.73. The standard InChI is InChI=1S/C11H13N3O3/c12-10(14-16)5-11(15)13-8-6-17-9-4-2-1-3-7(8)9/h1-4,8,16H,5-6H2,(H2,12,14)(H,13,15). The fourth-order valence-electron chi connectivity index (χ4n) is 1.73. The molecule has 0 saturated carbocycles. The van der Waals surface area contributed by atoms with Crippen molar-refractivity contribution in [3.05, 3.63) is 29.8 Å². The molecule has 1 atom stereocenters. The molecule has 17 heavy (non-hydrogen) atoms. The number of carbonyl (C=O) groups is 1. The van der Waals surface area contributed by atoms with Crippen LogP contribution in [0.4, 0.5) is 0 Å². The third kappa shape index (κ3) is 2.47. The van der Waals surface area contributed by atoms with E-state index in [4.69, 9.17) is 15.7 Å². The van der Waals surface area contributed by atoms with Crippen LogP contribution < -0.4 is 15.8 Å². The van der Waals surface area contributed by atoms with Gasteiger partial charge in [0, 0.05) is 5.56 Å². The molecule has 1 unspecified atom stereocenters. The Kier molecular flexibility index (Phi) is 3.13. The molecule has 4 N–H and O–H groups in total. The summed E-state index contributed by atoms with van der Waals surface area (Å²) >= 11 is 0. The van der Waals surface area contributed by atoms with Gasteiger partial charge in [-0.05, 0) is 6.07 Å². The first-order valence-electron chi connectivity index (χ1n) is 5.18. The van der Waals surface area contributed by atoms with Gasteiger partial charge in [0.15, 0.2) is 0 Å². The Morgan fingerprint density at radius 1 is 1.59 bits per heavy atom. The number of nitrogens with two attached hydrogens (primary N) is 1. The van der Waals surface area contributed by atoms with Gasteiger partial charge < -0.3 is 21.0 Å². The molecular formula is C11H13N3O3. The predicted octanol–water partition coefficient (Wildman–Crippen LogP) is 0.373. The van der Waals surface area contributed by atoms with E-state index < -0.39 is 0 Å². The number of amidine groups is 1. The number of para-hydroxylation sites is 1. The Hall–Kier alpha value is -2.24. The average Bonchev–Trinajstić information content (AvgIpc) is 2.72. The van der Waals surface area contributed by atoms with Crippen LogP contribution in [-0.2, 0) is 4.79 Å². The number of carbonyl (C=O) groups excluding carboxylic acids is 1. The molecule has 0 spiro atoms. The second-order valence-electron chi connectivity index (χ2n) is 3.74. The van der Waals surface area contributed by atoms with Gasteiger partial charge >= 0.3 is 0 Å². The van der Waals surface area contributed by atoms with Gasteiger partial charge in [-0.1, -0.05) is 23.4 Å². The zero-order valence-corrected chi connectivity index (χ0v) is 9.09. The molecule has 0 aliphatic carbocycles. The molecule has 1 aliphatic heterocycles. The topological polar surface area (TPSA) is 96.9 Å². The summed E-state index contributed by atoms with van der Waals surface area (Å²) in [6.07, 6.45) is -0.130. The highest BCUT2D eigenvalue weighted by atomic mass is 16.5. The van der Waals surface area contributed by atoms with Crippen molar-refractivity contribution in [1.29, 1.82) is 0 Å². The average molecular weight is 235 g/mol. The van der Waals surface area contributed by atoms with E-state index in [0.717, 1.165) is 11.3 Å². The normalized spacial score (nSPS) is 18.4. The minimum Gasteiger partial charge on any atom is -0.491 e. The summed E-state index contributed by atoms with van der Waals surface area (Å²) in [7, 11) is 0. The SMILES string of the molecule is NC(CC(=O)NC1COc2ccccc21)=NO. The van der Waals surface area contributed by atoms with E-state index in [1.807, 2.05) is 24.3 Å². The summed E-state index contributed by atoms with van der Waals surface area (Å²) in [6.45, 7) is 0.404. The Balaban J connectivity index is 2.00. The van der Waals surface area contributed by atoms with E-state index in [0.29, 0.717) is 6.61 Å². The Bertz CT molecular complexity index is 459.